The van der Waals surface area contributed by atoms with Crippen molar-refractivity contribution >= 4 is 16.9 Å². The first-order chi connectivity index (χ1) is 7.20. The van der Waals surface area contributed by atoms with Gasteiger partial charge < -0.3 is 4.74 Å². The molecule has 1 aromatic heterocycles. The number of carbonyl (C=O) groups excluding carboxylic acids is 1. The van der Waals surface area contributed by atoms with Gasteiger partial charge in [-0.3, -0.25) is 4.98 Å². The Morgan fingerprint density at radius 1 is 1.40 bits per heavy atom. The lowest BCUT2D eigenvalue weighted by Gasteiger charge is -2.01. The van der Waals surface area contributed by atoms with Crippen LogP contribution in [0.1, 0.15) is 10.4 Å². The van der Waals surface area contributed by atoms with Crippen LogP contribution in [-0.4, -0.2) is 18.1 Å². The number of benzene rings is 1. The Hall–Kier alpha value is -1.97. The Balaban J connectivity index is 2.59. The van der Waals surface area contributed by atoms with Crippen LogP contribution in [-0.2, 0) is 4.74 Å². The Morgan fingerprint density at radius 3 is 2.93 bits per heavy atom. The van der Waals surface area contributed by atoms with Crippen molar-refractivity contribution in [3.05, 3.63) is 41.8 Å². The minimum absolute atomic E-state index is 0.315. The van der Waals surface area contributed by atoms with Crippen LogP contribution >= 0.6 is 0 Å². The fourth-order valence-electron chi connectivity index (χ4n) is 1.33. The topological polar surface area (TPSA) is 39.2 Å². The number of aromatic nitrogens is 1. The molecule has 0 N–H and O–H groups in total. The van der Waals surface area contributed by atoms with Gasteiger partial charge in [-0.05, 0) is 24.3 Å². The summed E-state index contributed by atoms with van der Waals surface area (Å²) in [4.78, 5) is 15.2. The van der Waals surface area contributed by atoms with E-state index in [0.29, 0.717) is 16.5 Å². The number of ether oxygens (including phenoxy) is 1. The summed E-state index contributed by atoms with van der Waals surface area (Å²) >= 11 is 0. The summed E-state index contributed by atoms with van der Waals surface area (Å²) in [6, 6.07) is 5.77. The molecule has 0 aliphatic heterocycles. The van der Waals surface area contributed by atoms with Gasteiger partial charge in [-0.2, -0.15) is 0 Å². The minimum Gasteiger partial charge on any atom is -0.465 e. The standard InChI is InChI=1S/C11H8FNO2/c1-15-11(14)8-4-7-5-9(12)2-3-10(7)13-6-8/h2-6H,1H3. The van der Waals surface area contributed by atoms with E-state index < -0.39 is 5.97 Å². The van der Waals surface area contributed by atoms with Crippen LogP contribution in [0.3, 0.4) is 0 Å². The van der Waals surface area contributed by atoms with Gasteiger partial charge in [0.05, 0.1) is 18.2 Å². The summed E-state index contributed by atoms with van der Waals surface area (Å²) in [6.45, 7) is 0. The molecule has 0 amide bonds. The molecule has 0 saturated carbocycles. The van der Waals surface area contributed by atoms with Crippen molar-refractivity contribution in [2.24, 2.45) is 0 Å². The van der Waals surface area contributed by atoms with Crippen molar-refractivity contribution in [3.8, 4) is 0 Å². The summed E-state index contributed by atoms with van der Waals surface area (Å²) in [7, 11) is 1.29. The molecular formula is C11H8FNO2. The number of methoxy groups -OCH3 is 1. The van der Waals surface area contributed by atoms with Gasteiger partial charge in [0.2, 0.25) is 0 Å². The van der Waals surface area contributed by atoms with Gasteiger partial charge in [0.1, 0.15) is 5.82 Å². The molecule has 0 aliphatic rings. The van der Waals surface area contributed by atoms with E-state index in [1.165, 1.54) is 25.4 Å². The second-order valence-electron chi connectivity index (χ2n) is 3.05. The number of carbonyl (C=O) groups is 1. The smallest absolute Gasteiger partial charge is 0.339 e. The molecule has 2 aromatic rings. The molecular weight excluding hydrogens is 197 g/mol. The summed E-state index contributed by atoms with van der Waals surface area (Å²) in [6.07, 6.45) is 1.41. The molecule has 0 unspecified atom stereocenters. The van der Waals surface area contributed by atoms with Crippen LogP contribution in [0.15, 0.2) is 30.5 Å². The summed E-state index contributed by atoms with van der Waals surface area (Å²) in [5, 5.41) is 0.581. The van der Waals surface area contributed by atoms with E-state index in [1.807, 2.05) is 0 Å². The van der Waals surface area contributed by atoms with E-state index >= 15 is 0 Å². The van der Waals surface area contributed by atoms with Crippen LogP contribution < -0.4 is 0 Å². The number of halogens is 1. The van der Waals surface area contributed by atoms with Crippen LogP contribution in [0.25, 0.3) is 10.9 Å². The Labute approximate surface area is 85.5 Å². The zero-order valence-corrected chi connectivity index (χ0v) is 8.03. The first kappa shape index (κ1) is 9.58. The zero-order valence-electron chi connectivity index (χ0n) is 8.03. The van der Waals surface area contributed by atoms with Crippen molar-refractivity contribution in [2.75, 3.05) is 7.11 Å². The lowest BCUT2D eigenvalue weighted by atomic mass is 10.1. The second kappa shape index (κ2) is 3.65. The lowest BCUT2D eigenvalue weighted by Crippen LogP contribution is -2.01. The van der Waals surface area contributed by atoms with E-state index in [1.54, 1.807) is 12.1 Å². The molecule has 0 atom stereocenters. The molecule has 15 heavy (non-hydrogen) atoms. The van der Waals surface area contributed by atoms with Gasteiger partial charge in [-0.25, -0.2) is 9.18 Å². The number of rotatable bonds is 1. The first-order valence-electron chi connectivity index (χ1n) is 4.34. The number of fused-ring (bicyclic) bond motifs is 1. The van der Waals surface area contributed by atoms with Crippen LogP contribution in [0, 0.1) is 5.82 Å². The molecule has 0 radical (unpaired) electrons. The van der Waals surface area contributed by atoms with Crippen LogP contribution in [0.5, 0.6) is 0 Å². The van der Waals surface area contributed by atoms with Crippen LogP contribution in [0.2, 0.25) is 0 Å². The molecule has 0 aliphatic carbocycles. The normalized spacial score (nSPS) is 10.3. The fourth-order valence-corrected chi connectivity index (χ4v) is 1.33. The number of hydrogen-bond donors (Lipinski definition) is 0. The maximum Gasteiger partial charge on any atom is 0.339 e. The van der Waals surface area contributed by atoms with Gasteiger partial charge in [-0.1, -0.05) is 0 Å². The second-order valence-corrected chi connectivity index (χ2v) is 3.05. The van der Waals surface area contributed by atoms with E-state index in [4.69, 9.17) is 0 Å². The average Bonchev–Trinajstić information content (AvgIpc) is 2.27. The third-order valence-corrected chi connectivity index (χ3v) is 2.06. The first-order valence-corrected chi connectivity index (χ1v) is 4.34. The zero-order chi connectivity index (χ0) is 10.8. The summed E-state index contributed by atoms with van der Waals surface area (Å²) in [5.41, 5.74) is 0.958. The largest absolute Gasteiger partial charge is 0.465 e. The molecule has 4 heteroatoms. The third kappa shape index (κ3) is 1.79. The van der Waals surface area contributed by atoms with Crippen molar-refractivity contribution in [3.63, 3.8) is 0 Å². The maximum atomic E-state index is 12.9. The third-order valence-electron chi connectivity index (χ3n) is 2.06. The Morgan fingerprint density at radius 2 is 2.20 bits per heavy atom. The Kier molecular flexibility index (Phi) is 2.33. The number of nitrogens with zero attached hydrogens (tertiary/aromatic N) is 1. The highest BCUT2D eigenvalue weighted by molar-refractivity contribution is 5.93. The van der Waals surface area contributed by atoms with Gasteiger partial charge in [-0.15, -0.1) is 0 Å². The summed E-state index contributed by atoms with van der Waals surface area (Å²) in [5.74, 6) is -0.833. The highest BCUT2D eigenvalue weighted by Crippen LogP contribution is 2.15. The van der Waals surface area contributed by atoms with Gasteiger partial charge in [0.15, 0.2) is 0 Å². The van der Waals surface area contributed by atoms with Gasteiger partial charge in [0.25, 0.3) is 0 Å². The van der Waals surface area contributed by atoms with Gasteiger partial charge in [0, 0.05) is 11.6 Å². The maximum absolute atomic E-state index is 12.9. The highest BCUT2D eigenvalue weighted by Gasteiger charge is 2.06. The monoisotopic (exact) mass is 205 g/mol. The Bertz CT molecular complexity index is 525. The van der Waals surface area contributed by atoms with E-state index in [9.17, 15) is 9.18 Å². The molecule has 2 rings (SSSR count). The SMILES string of the molecule is COC(=O)c1cnc2ccc(F)cc2c1. The van der Waals surface area contributed by atoms with Crippen molar-refractivity contribution < 1.29 is 13.9 Å². The van der Waals surface area contributed by atoms with E-state index in [0.717, 1.165) is 0 Å². The lowest BCUT2D eigenvalue weighted by molar-refractivity contribution is 0.0600. The predicted octanol–water partition coefficient (Wildman–Crippen LogP) is 2.16. The van der Waals surface area contributed by atoms with E-state index in [-0.39, 0.29) is 5.82 Å². The molecule has 76 valence electrons. The van der Waals surface area contributed by atoms with Crippen LogP contribution in [0.4, 0.5) is 4.39 Å². The predicted molar refractivity (Wildman–Crippen MR) is 53.0 cm³/mol. The minimum atomic E-state index is -0.478. The van der Waals surface area contributed by atoms with Crippen molar-refractivity contribution in [1.29, 1.82) is 0 Å². The summed E-state index contributed by atoms with van der Waals surface area (Å²) < 4.78 is 17.5. The van der Waals surface area contributed by atoms with Crippen molar-refractivity contribution in [1.82, 2.24) is 4.98 Å². The molecule has 3 nitrogen and oxygen atoms in total. The number of pyridine rings is 1. The highest BCUT2D eigenvalue weighted by atomic mass is 19.1. The molecule has 0 saturated heterocycles. The number of esters is 1. The number of hydrogen-bond acceptors (Lipinski definition) is 3. The van der Waals surface area contributed by atoms with Gasteiger partial charge >= 0.3 is 5.97 Å². The molecule has 0 bridgehead atoms. The molecule has 1 heterocycles. The van der Waals surface area contributed by atoms with Crippen molar-refractivity contribution in [2.45, 2.75) is 0 Å². The van der Waals surface area contributed by atoms with E-state index in [2.05, 4.69) is 9.72 Å². The molecule has 0 fully saturated rings. The fraction of sp³-hybridized carbons (Fsp3) is 0.0909. The quantitative estimate of drug-likeness (QED) is 0.669. The average molecular weight is 205 g/mol. The molecule has 0 spiro atoms. The molecule has 1 aromatic carbocycles.